The number of hydrogen-bond acceptors (Lipinski definition) is 7. The van der Waals surface area contributed by atoms with Gasteiger partial charge in [-0.1, -0.05) is 90.6 Å². The molecule has 0 N–H and O–H groups in total. The van der Waals surface area contributed by atoms with Crippen LogP contribution < -0.4 is 9.80 Å². The van der Waals surface area contributed by atoms with E-state index in [4.69, 9.17) is 19.9 Å². The Morgan fingerprint density at radius 2 is 1.04 bits per heavy atom. The summed E-state index contributed by atoms with van der Waals surface area (Å²) in [5.74, 6) is 0.809. The molecule has 0 aliphatic carbocycles. The molecule has 1 aliphatic rings. The third-order valence-corrected chi connectivity index (χ3v) is 10.4. The molecular weight excluding hydrogens is 645 g/mol. The Hall–Kier alpha value is -6.57. The Kier molecular flexibility index (Phi) is 6.96. The Balaban J connectivity index is 1.18. The van der Waals surface area contributed by atoms with Gasteiger partial charge < -0.3 is 4.90 Å². The summed E-state index contributed by atoms with van der Waals surface area (Å²) in [6.07, 6.45) is 3.48. The van der Waals surface area contributed by atoms with Crippen molar-refractivity contribution in [3.8, 4) is 11.3 Å². The highest BCUT2D eigenvalue weighted by Crippen LogP contribution is 2.53. The van der Waals surface area contributed by atoms with Gasteiger partial charge in [0.05, 0.1) is 33.6 Å². The second-order valence-electron chi connectivity index (χ2n) is 12.3. The van der Waals surface area contributed by atoms with E-state index >= 15 is 0 Å². The fourth-order valence-electron chi connectivity index (χ4n) is 7.01. The van der Waals surface area contributed by atoms with Crippen LogP contribution in [0.1, 0.15) is 0 Å². The molecule has 0 saturated carbocycles. The molecular formula is C44H28N6S. The summed E-state index contributed by atoms with van der Waals surface area (Å²) in [5, 5.41) is 1.85. The van der Waals surface area contributed by atoms with Crippen molar-refractivity contribution in [3.63, 3.8) is 0 Å². The summed E-state index contributed by atoms with van der Waals surface area (Å²) in [5.41, 5.74) is 10.6. The van der Waals surface area contributed by atoms with Crippen LogP contribution in [0.5, 0.6) is 0 Å². The van der Waals surface area contributed by atoms with Gasteiger partial charge in [0.15, 0.2) is 0 Å². The summed E-state index contributed by atoms with van der Waals surface area (Å²) in [4.78, 5) is 27.1. The van der Waals surface area contributed by atoms with E-state index in [1.165, 1.54) is 0 Å². The minimum Gasteiger partial charge on any atom is -0.310 e. The fraction of sp³-hybridized carbons (Fsp3) is 0. The average molecular weight is 673 g/mol. The first-order valence-electron chi connectivity index (χ1n) is 16.8. The average Bonchev–Trinajstić information content (AvgIpc) is 3.21. The van der Waals surface area contributed by atoms with Crippen LogP contribution in [0.2, 0.25) is 0 Å². The molecule has 4 heterocycles. The summed E-state index contributed by atoms with van der Waals surface area (Å²) in [7, 11) is 0. The Morgan fingerprint density at radius 3 is 1.75 bits per heavy atom. The van der Waals surface area contributed by atoms with E-state index < -0.39 is 0 Å². The first-order valence-corrected chi connectivity index (χ1v) is 17.6. The molecule has 7 heteroatoms. The molecule has 10 rings (SSSR count). The Bertz CT molecular complexity index is 2700. The third-order valence-electron chi connectivity index (χ3n) is 9.30. The summed E-state index contributed by atoms with van der Waals surface area (Å²) >= 11 is 1.78. The number of para-hydroxylation sites is 3. The van der Waals surface area contributed by atoms with Crippen LogP contribution in [0.15, 0.2) is 180 Å². The number of aromatic nitrogens is 4. The van der Waals surface area contributed by atoms with Crippen LogP contribution in [0.4, 0.5) is 34.3 Å². The van der Waals surface area contributed by atoms with Gasteiger partial charge in [0.2, 0.25) is 0 Å². The maximum atomic E-state index is 5.44. The van der Waals surface area contributed by atoms with Gasteiger partial charge in [0, 0.05) is 55.6 Å². The molecule has 0 saturated heterocycles. The lowest BCUT2D eigenvalue weighted by Gasteiger charge is -2.33. The largest absolute Gasteiger partial charge is 0.310 e. The van der Waals surface area contributed by atoms with Crippen LogP contribution >= 0.6 is 11.8 Å². The normalized spacial score (nSPS) is 12.2. The van der Waals surface area contributed by atoms with Crippen molar-refractivity contribution in [2.75, 3.05) is 9.80 Å². The molecule has 240 valence electrons. The maximum Gasteiger partial charge on any atom is 0.138 e. The smallest absolute Gasteiger partial charge is 0.138 e. The second-order valence-corrected chi connectivity index (χ2v) is 13.4. The van der Waals surface area contributed by atoms with Crippen molar-refractivity contribution in [2.45, 2.75) is 9.79 Å². The van der Waals surface area contributed by atoms with Crippen molar-refractivity contribution in [1.82, 2.24) is 19.9 Å². The van der Waals surface area contributed by atoms with Gasteiger partial charge in [-0.2, -0.15) is 0 Å². The standard InChI is InChI=1S/C44H28N6S/c1-4-12-29(13-5-1)35-23-21-33-41-42(46-27-26-45-41)34-22-25-40(48-44(34)43(33)47-35)50-36-18-10-11-19-38(36)51-39-28-32(20-24-37(39)50)49(30-14-6-2-7-15-30)31-16-8-3-9-17-31/h1-28H. The predicted octanol–water partition coefficient (Wildman–Crippen LogP) is 11.8. The van der Waals surface area contributed by atoms with Crippen molar-refractivity contribution < 1.29 is 0 Å². The lowest BCUT2D eigenvalue weighted by Crippen LogP contribution is -2.17. The minimum absolute atomic E-state index is 0.793. The number of nitrogens with zero attached hydrogens (tertiary/aromatic N) is 6. The second kappa shape index (κ2) is 12.1. The van der Waals surface area contributed by atoms with Crippen molar-refractivity contribution in [3.05, 3.63) is 170 Å². The van der Waals surface area contributed by atoms with Gasteiger partial charge in [-0.25, -0.2) is 9.97 Å². The van der Waals surface area contributed by atoms with E-state index in [9.17, 15) is 0 Å². The summed E-state index contributed by atoms with van der Waals surface area (Å²) in [6, 6.07) is 54.9. The molecule has 6 aromatic carbocycles. The lowest BCUT2D eigenvalue weighted by molar-refractivity contribution is 1.12. The summed E-state index contributed by atoms with van der Waals surface area (Å²) in [6.45, 7) is 0. The van der Waals surface area contributed by atoms with E-state index in [0.29, 0.717) is 0 Å². The molecule has 0 spiro atoms. The highest BCUT2D eigenvalue weighted by atomic mass is 32.2. The van der Waals surface area contributed by atoms with Crippen molar-refractivity contribution >= 4 is 78.9 Å². The molecule has 6 nitrogen and oxygen atoms in total. The van der Waals surface area contributed by atoms with Crippen molar-refractivity contribution in [2.24, 2.45) is 0 Å². The van der Waals surface area contributed by atoms with Crippen LogP contribution in [-0.4, -0.2) is 19.9 Å². The first-order chi connectivity index (χ1) is 25.3. The number of pyridine rings is 2. The van der Waals surface area contributed by atoms with Gasteiger partial charge >= 0.3 is 0 Å². The molecule has 0 atom stereocenters. The van der Waals surface area contributed by atoms with Crippen LogP contribution in [0.25, 0.3) is 44.1 Å². The molecule has 0 fully saturated rings. The maximum absolute atomic E-state index is 5.44. The molecule has 9 aromatic rings. The summed E-state index contributed by atoms with van der Waals surface area (Å²) < 4.78 is 0. The van der Waals surface area contributed by atoms with Crippen LogP contribution in [0, 0.1) is 0 Å². The van der Waals surface area contributed by atoms with Gasteiger partial charge in [0.1, 0.15) is 11.3 Å². The Morgan fingerprint density at radius 1 is 0.451 bits per heavy atom. The van der Waals surface area contributed by atoms with E-state index in [1.807, 2.05) is 18.2 Å². The quantitative estimate of drug-likeness (QED) is 0.169. The lowest BCUT2D eigenvalue weighted by atomic mass is 10.0. The molecule has 3 aromatic heterocycles. The molecule has 0 amide bonds. The van der Waals surface area contributed by atoms with Gasteiger partial charge in [-0.15, -0.1) is 0 Å². The SMILES string of the molecule is c1ccc(-c2ccc3c4nccnc4c4ccc(N5c6ccccc6Sc6cc(N(c7ccccc7)c7ccccc7)ccc65)nc4c3n2)cc1. The van der Waals surface area contributed by atoms with E-state index in [2.05, 4.69) is 149 Å². The molecule has 0 radical (unpaired) electrons. The highest BCUT2D eigenvalue weighted by Gasteiger charge is 2.28. The molecule has 0 bridgehead atoms. The van der Waals surface area contributed by atoms with Gasteiger partial charge in [0.25, 0.3) is 0 Å². The number of fused-ring (bicyclic) bond motifs is 8. The molecule has 51 heavy (non-hydrogen) atoms. The zero-order valence-electron chi connectivity index (χ0n) is 27.3. The van der Waals surface area contributed by atoms with Crippen LogP contribution in [0.3, 0.4) is 0 Å². The zero-order chi connectivity index (χ0) is 33.7. The topological polar surface area (TPSA) is 58.0 Å². The van der Waals surface area contributed by atoms with E-state index in [1.54, 1.807) is 24.2 Å². The predicted molar refractivity (Wildman–Crippen MR) is 209 cm³/mol. The van der Waals surface area contributed by atoms with Gasteiger partial charge in [-0.3, -0.25) is 14.9 Å². The highest BCUT2D eigenvalue weighted by molar-refractivity contribution is 7.99. The number of rotatable bonds is 5. The molecule has 0 unspecified atom stereocenters. The van der Waals surface area contributed by atoms with E-state index in [0.717, 1.165) is 88.1 Å². The van der Waals surface area contributed by atoms with Gasteiger partial charge in [-0.05, 0) is 78.9 Å². The number of anilines is 6. The van der Waals surface area contributed by atoms with Crippen molar-refractivity contribution in [1.29, 1.82) is 0 Å². The van der Waals surface area contributed by atoms with Crippen LogP contribution in [-0.2, 0) is 0 Å². The zero-order valence-corrected chi connectivity index (χ0v) is 28.1. The first kappa shape index (κ1) is 29.4. The minimum atomic E-state index is 0.793. The number of benzene rings is 6. The third kappa shape index (κ3) is 4.97. The Labute approximate surface area is 298 Å². The number of hydrogen-bond donors (Lipinski definition) is 0. The monoisotopic (exact) mass is 672 g/mol. The molecule has 1 aliphatic heterocycles. The fourth-order valence-corrected chi connectivity index (χ4v) is 8.10. The van der Waals surface area contributed by atoms with E-state index in [-0.39, 0.29) is 0 Å².